The lowest BCUT2D eigenvalue weighted by molar-refractivity contribution is -0.123. The summed E-state index contributed by atoms with van der Waals surface area (Å²) < 4.78 is 0. The van der Waals surface area contributed by atoms with Crippen LogP contribution in [0.4, 0.5) is 0 Å². The molecule has 27 heavy (non-hydrogen) atoms. The van der Waals surface area contributed by atoms with Crippen molar-refractivity contribution in [3.8, 4) is 10.6 Å². The molecule has 0 N–H and O–H groups in total. The van der Waals surface area contributed by atoms with Crippen molar-refractivity contribution in [1.82, 2.24) is 9.97 Å². The number of halogens is 1. The summed E-state index contributed by atoms with van der Waals surface area (Å²) in [6, 6.07) is 12.9. The van der Waals surface area contributed by atoms with E-state index in [1.807, 2.05) is 37.3 Å². The first-order chi connectivity index (χ1) is 13.0. The molecule has 1 atom stereocenters. The van der Waals surface area contributed by atoms with Gasteiger partial charge in [0.05, 0.1) is 5.69 Å². The highest BCUT2D eigenvalue weighted by Gasteiger charge is 2.38. The SMILES string of the molecule is Cc1sc(-c2ccc(Cl)cc2)nc1C1C(=O)C=C(Cc2ccccn2)C1=O. The number of allylic oxidation sites excluding steroid dienone is 2. The summed E-state index contributed by atoms with van der Waals surface area (Å²) in [5.74, 6) is -1.23. The first-order valence-corrected chi connectivity index (χ1v) is 9.64. The predicted molar refractivity (Wildman–Crippen MR) is 106 cm³/mol. The zero-order valence-corrected chi connectivity index (χ0v) is 16.1. The molecule has 0 fully saturated rings. The van der Waals surface area contributed by atoms with E-state index in [-0.39, 0.29) is 11.6 Å². The average Bonchev–Trinajstić information content (AvgIpc) is 3.16. The lowest BCUT2D eigenvalue weighted by atomic mass is 9.96. The van der Waals surface area contributed by atoms with Crippen LogP contribution in [0.25, 0.3) is 10.6 Å². The monoisotopic (exact) mass is 394 g/mol. The van der Waals surface area contributed by atoms with Gasteiger partial charge in [0.15, 0.2) is 11.6 Å². The van der Waals surface area contributed by atoms with Gasteiger partial charge in [-0.2, -0.15) is 0 Å². The van der Waals surface area contributed by atoms with Gasteiger partial charge in [-0.25, -0.2) is 4.98 Å². The Kier molecular flexibility index (Phi) is 4.72. The Hall–Kier alpha value is -2.63. The molecule has 6 heteroatoms. The number of thiazole rings is 1. The summed E-state index contributed by atoms with van der Waals surface area (Å²) in [5, 5.41) is 1.43. The molecule has 1 aromatic carbocycles. The third-order valence-electron chi connectivity index (χ3n) is 4.47. The summed E-state index contributed by atoms with van der Waals surface area (Å²) >= 11 is 7.42. The molecule has 0 spiro atoms. The number of ketones is 2. The second-order valence-electron chi connectivity index (χ2n) is 6.33. The molecule has 2 aromatic heterocycles. The van der Waals surface area contributed by atoms with Gasteiger partial charge in [-0.15, -0.1) is 11.3 Å². The van der Waals surface area contributed by atoms with Gasteiger partial charge in [0.25, 0.3) is 0 Å². The Balaban J connectivity index is 1.62. The predicted octanol–water partition coefficient (Wildman–Crippen LogP) is 4.57. The van der Waals surface area contributed by atoms with Crippen LogP contribution in [0.1, 0.15) is 22.2 Å². The van der Waals surface area contributed by atoms with E-state index >= 15 is 0 Å². The molecule has 0 amide bonds. The van der Waals surface area contributed by atoms with Crippen LogP contribution in [0.3, 0.4) is 0 Å². The minimum atomic E-state index is -0.846. The Morgan fingerprint density at radius 1 is 1.11 bits per heavy atom. The number of hydrogen-bond acceptors (Lipinski definition) is 5. The first kappa shape index (κ1) is 17.8. The van der Waals surface area contributed by atoms with E-state index in [0.717, 1.165) is 21.1 Å². The van der Waals surface area contributed by atoms with Crippen LogP contribution in [0.15, 0.2) is 60.3 Å². The van der Waals surface area contributed by atoms with Crippen molar-refractivity contribution in [2.45, 2.75) is 19.3 Å². The topological polar surface area (TPSA) is 59.9 Å². The third-order valence-corrected chi connectivity index (χ3v) is 5.76. The van der Waals surface area contributed by atoms with Crippen molar-refractivity contribution in [2.24, 2.45) is 0 Å². The second kappa shape index (κ2) is 7.18. The maximum absolute atomic E-state index is 12.9. The second-order valence-corrected chi connectivity index (χ2v) is 7.97. The van der Waals surface area contributed by atoms with Gasteiger partial charge in [-0.3, -0.25) is 14.6 Å². The lowest BCUT2D eigenvalue weighted by Crippen LogP contribution is -2.17. The molecule has 1 aliphatic rings. The largest absolute Gasteiger partial charge is 0.294 e. The van der Waals surface area contributed by atoms with Gasteiger partial charge >= 0.3 is 0 Å². The molecular weight excluding hydrogens is 380 g/mol. The third kappa shape index (κ3) is 3.48. The van der Waals surface area contributed by atoms with Gasteiger partial charge < -0.3 is 0 Å². The summed E-state index contributed by atoms with van der Waals surface area (Å²) in [6.07, 6.45) is 3.48. The van der Waals surface area contributed by atoms with Gasteiger partial charge in [-0.05, 0) is 37.3 Å². The molecule has 4 nitrogen and oxygen atoms in total. The molecule has 2 heterocycles. The molecule has 0 saturated heterocycles. The minimum absolute atomic E-state index is 0.179. The van der Waals surface area contributed by atoms with E-state index in [0.29, 0.717) is 22.7 Å². The van der Waals surface area contributed by atoms with Crippen molar-refractivity contribution in [2.75, 3.05) is 0 Å². The molecule has 3 aromatic rings. The van der Waals surface area contributed by atoms with Crippen molar-refractivity contribution in [3.05, 3.63) is 81.6 Å². The maximum atomic E-state index is 12.9. The van der Waals surface area contributed by atoms with E-state index in [2.05, 4.69) is 9.97 Å². The molecule has 1 aliphatic carbocycles. The fourth-order valence-corrected chi connectivity index (χ4v) is 4.21. The van der Waals surface area contributed by atoms with E-state index in [4.69, 9.17) is 11.6 Å². The number of pyridine rings is 1. The Morgan fingerprint density at radius 3 is 2.59 bits per heavy atom. The fraction of sp³-hybridized carbons (Fsp3) is 0.143. The van der Waals surface area contributed by atoms with Crippen LogP contribution < -0.4 is 0 Å². The number of benzene rings is 1. The Labute approximate surface area is 165 Å². The van der Waals surface area contributed by atoms with Crippen LogP contribution in [-0.4, -0.2) is 21.5 Å². The fourth-order valence-electron chi connectivity index (χ4n) is 3.13. The highest BCUT2D eigenvalue weighted by Crippen LogP contribution is 2.36. The molecule has 4 rings (SSSR count). The standard InChI is InChI=1S/C21H15ClN2O2S/c1-12-19(24-21(27-12)13-5-7-15(22)8-6-13)18-17(25)11-14(20(18)26)10-16-4-2-3-9-23-16/h2-9,11,18H,10H2,1H3. The first-order valence-electron chi connectivity index (χ1n) is 8.45. The van der Waals surface area contributed by atoms with Crippen molar-refractivity contribution >= 4 is 34.5 Å². The minimum Gasteiger partial charge on any atom is -0.294 e. The van der Waals surface area contributed by atoms with Crippen LogP contribution in [-0.2, 0) is 16.0 Å². The van der Waals surface area contributed by atoms with Gasteiger partial charge in [0.2, 0.25) is 0 Å². The summed E-state index contributed by atoms with van der Waals surface area (Å²) in [7, 11) is 0. The number of Topliss-reactive ketones (excluding diaryl/α,β-unsaturated/α-hetero) is 1. The Bertz CT molecular complexity index is 1060. The van der Waals surface area contributed by atoms with Crippen molar-refractivity contribution in [1.29, 1.82) is 0 Å². The number of rotatable bonds is 4. The average molecular weight is 395 g/mol. The summed E-state index contributed by atoms with van der Waals surface area (Å²) in [5.41, 5.74) is 2.72. The number of aryl methyl sites for hydroxylation is 1. The van der Waals surface area contributed by atoms with Crippen molar-refractivity contribution in [3.63, 3.8) is 0 Å². The van der Waals surface area contributed by atoms with Gasteiger partial charge in [0, 0.05) is 39.3 Å². The number of carbonyl (C=O) groups excluding carboxylic acids is 2. The van der Waals surface area contributed by atoms with E-state index in [9.17, 15) is 9.59 Å². The summed E-state index contributed by atoms with van der Waals surface area (Å²) in [6.45, 7) is 1.89. The zero-order valence-electron chi connectivity index (χ0n) is 14.5. The quantitative estimate of drug-likeness (QED) is 0.608. The van der Waals surface area contributed by atoms with Crippen LogP contribution in [0, 0.1) is 6.92 Å². The highest BCUT2D eigenvalue weighted by atomic mass is 35.5. The van der Waals surface area contributed by atoms with Crippen LogP contribution >= 0.6 is 22.9 Å². The summed E-state index contributed by atoms with van der Waals surface area (Å²) in [4.78, 5) is 35.2. The van der Waals surface area contributed by atoms with E-state index < -0.39 is 5.92 Å². The van der Waals surface area contributed by atoms with Gasteiger partial charge in [-0.1, -0.05) is 29.8 Å². The molecular formula is C21H15ClN2O2S. The number of nitrogens with zero attached hydrogens (tertiary/aromatic N) is 2. The van der Waals surface area contributed by atoms with Crippen LogP contribution in [0.5, 0.6) is 0 Å². The molecule has 1 unspecified atom stereocenters. The smallest absolute Gasteiger partial charge is 0.176 e. The number of hydrogen-bond donors (Lipinski definition) is 0. The normalized spacial score (nSPS) is 16.7. The molecule has 0 bridgehead atoms. The van der Waals surface area contributed by atoms with E-state index in [1.165, 1.54) is 17.4 Å². The van der Waals surface area contributed by atoms with E-state index in [1.54, 1.807) is 18.3 Å². The molecule has 0 radical (unpaired) electrons. The maximum Gasteiger partial charge on any atom is 0.176 e. The van der Waals surface area contributed by atoms with Gasteiger partial charge in [0.1, 0.15) is 10.9 Å². The van der Waals surface area contributed by atoms with Crippen LogP contribution in [0.2, 0.25) is 5.02 Å². The molecule has 0 aliphatic heterocycles. The zero-order chi connectivity index (χ0) is 19.0. The highest BCUT2D eigenvalue weighted by molar-refractivity contribution is 7.15. The lowest BCUT2D eigenvalue weighted by Gasteiger charge is -2.07. The number of aromatic nitrogens is 2. The molecule has 134 valence electrons. The van der Waals surface area contributed by atoms with Crippen molar-refractivity contribution < 1.29 is 9.59 Å². The molecule has 0 saturated carbocycles. The number of carbonyl (C=O) groups is 2. The Morgan fingerprint density at radius 2 is 1.89 bits per heavy atom.